The molecule has 1 saturated heterocycles. The van der Waals surface area contributed by atoms with Crippen LogP contribution in [0.5, 0.6) is 0 Å². The standard InChI is InChI=1S/C16H22N4S/c1-11-9-12(2)13(3)19(10-11)15-17-18-16(21)20(15)14-7-5-4-6-8-14/h4-8,11-13H,9-10H2,1-3H3,(H,18,21). The van der Waals surface area contributed by atoms with E-state index >= 15 is 0 Å². The fourth-order valence-corrected chi connectivity index (χ4v) is 3.50. The summed E-state index contributed by atoms with van der Waals surface area (Å²) in [7, 11) is 0. The molecule has 1 fully saturated rings. The largest absolute Gasteiger partial charge is 0.337 e. The van der Waals surface area contributed by atoms with Crippen molar-refractivity contribution in [3.05, 3.63) is 35.1 Å². The summed E-state index contributed by atoms with van der Waals surface area (Å²) in [5.74, 6) is 2.26. The van der Waals surface area contributed by atoms with Crippen LogP contribution in [0.2, 0.25) is 0 Å². The van der Waals surface area contributed by atoms with Crippen molar-refractivity contribution < 1.29 is 0 Å². The van der Waals surface area contributed by atoms with Crippen LogP contribution < -0.4 is 4.90 Å². The number of piperidine rings is 1. The lowest BCUT2D eigenvalue weighted by atomic mass is 9.86. The summed E-state index contributed by atoms with van der Waals surface area (Å²) >= 11 is 5.44. The van der Waals surface area contributed by atoms with E-state index in [1.807, 2.05) is 22.8 Å². The Morgan fingerprint density at radius 3 is 2.62 bits per heavy atom. The molecule has 0 aliphatic carbocycles. The van der Waals surface area contributed by atoms with E-state index in [0.29, 0.717) is 22.6 Å². The molecule has 112 valence electrons. The van der Waals surface area contributed by atoms with Gasteiger partial charge < -0.3 is 4.90 Å². The Hall–Kier alpha value is -1.62. The van der Waals surface area contributed by atoms with Crippen molar-refractivity contribution in [2.75, 3.05) is 11.4 Å². The van der Waals surface area contributed by atoms with Gasteiger partial charge in [-0.15, -0.1) is 5.10 Å². The van der Waals surface area contributed by atoms with Crippen LogP contribution in [0, 0.1) is 16.6 Å². The van der Waals surface area contributed by atoms with Gasteiger partial charge in [0.2, 0.25) is 10.7 Å². The van der Waals surface area contributed by atoms with Crippen molar-refractivity contribution in [1.82, 2.24) is 14.8 Å². The van der Waals surface area contributed by atoms with Crippen molar-refractivity contribution in [1.29, 1.82) is 0 Å². The number of hydrogen-bond donors (Lipinski definition) is 1. The molecule has 1 aliphatic rings. The van der Waals surface area contributed by atoms with E-state index in [4.69, 9.17) is 12.2 Å². The maximum atomic E-state index is 5.44. The van der Waals surface area contributed by atoms with Gasteiger partial charge in [-0.05, 0) is 49.5 Å². The Morgan fingerprint density at radius 1 is 1.19 bits per heavy atom. The van der Waals surface area contributed by atoms with Crippen molar-refractivity contribution in [3.8, 4) is 5.69 Å². The number of benzene rings is 1. The molecular formula is C16H22N4S. The van der Waals surface area contributed by atoms with E-state index in [0.717, 1.165) is 18.2 Å². The summed E-state index contributed by atoms with van der Waals surface area (Å²) < 4.78 is 2.69. The van der Waals surface area contributed by atoms with Crippen LogP contribution in [0.15, 0.2) is 30.3 Å². The third kappa shape index (κ3) is 2.62. The van der Waals surface area contributed by atoms with Crippen molar-refractivity contribution in [2.45, 2.75) is 33.2 Å². The number of H-pyrrole nitrogens is 1. The van der Waals surface area contributed by atoms with Crippen molar-refractivity contribution >= 4 is 18.2 Å². The highest BCUT2D eigenvalue weighted by atomic mass is 32.1. The predicted octanol–water partition coefficient (Wildman–Crippen LogP) is 3.80. The summed E-state index contributed by atoms with van der Waals surface area (Å²) in [5.41, 5.74) is 1.06. The summed E-state index contributed by atoms with van der Waals surface area (Å²) in [4.78, 5) is 2.39. The van der Waals surface area contributed by atoms with Gasteiger partial charge in [0.05, 0.1) is 5.69 Å². The summed E-state index contributed by atoms with van der Waals surface area (Å²) in [6.07, 6.45) is 1.27. The van der Waals surface area contributed by atoms with Crippen LogP contribution in [-0.4, -0.2) is 27.4 Å². The average Bonchev–Trinajstić information content (AvgIpc) is 2.85. The maximum absolute atomic E-state index is 5.44. The first-order valence-electron chi connectivity index (χ1n) is 7.57. The number of hydrogen-bond acceptors (Lipinski definition) is 3. The van der Waals surface area contributed by atoms with Gasteiger partial charge >= 0.3 is 0 Å². The molecule has 1 aromatic carbocycles. The van der Waals surface area contributed by atoms with E-state index in [1.54, 1.807) is 0 Å². The molecule has 1 N–H and O–H groups in total. The van der Waals surface area contributed by atoms with E-state index in [9.17, 15) is 0 Å². The highest BCUT2D eigenvalue weighted by Gasteiger charge is 2.31. The number of anilines is 1. The van der Waals surface area contributed by atoms with Crippen LogP contribution in [-0.2, 0) is 0 Å². The molecule has 21 heavy (non-hydrogen) atoms. The minimum absolute atomic E-state index is 0.467. The zero-order chi connectivity index (χ0) is 15.0. The van der Waals surface area contributed by atoms with E-state index in [1.165, 1.54) is 6.42 Å². The molecule has 3 atom stereocenters. The second kappa shape index (κ2) is 5.64. The predicted molar refractivity (Wildman–Crippen MR) is 88.5 cm³/mol. The van der Waals surface area contributed by atoms with Crippen LogP contribution in [0.25, 0.3) is 5.69 Å². The fraction of sp³-hybridized carbons (Fsp3) is 0.500. The third-order valence-corrected chi connectivity index (χ3v) is 4.80. The first-order chi connectivity index (χ1) is 10.1. The molecule has 2 heterocycles. The van der Waals surface area contributed by atoms with E-state index in [-0.39, 0.29) is 0 Å². The number of rotatable bonds is 2. The second-order valence-corrected chi connectivity index (χ2v) is 6.60. The minimum atomic E-state index is 0.467. The molecule has 0 saturated carbocycles. The van der Waals surface area contributed by atoms with Crippen LogP contribution in [0.4, 0.5) is 5.95 Å². The smallest absolute Gasteiger partial charge is 0.230 e. The first-order valence-corrected chi connectivity index (χ1v) is 7.98. The van der Waals surface area contributed by atoms with Gasteiger partial charge in [0, 0.05) is 12.6 Å². The van der Waals surface area contributed by atoms with E-state index < -0.39 is 0 Å². The lowest BCUT2D eigenvalue weighted by molar-refractivity contribution is 0.293. The first kappa shape index (κ1) is 14.3. The van der Waals surface area contributed by atoms with Crippen LogP contribution in [0.3, 0.4) is 0 Å². The SMILES string of the molecule is CC1CC(C)C(C)N(c2n[nH]c(=S)n2-c2ccccc2)C1. The highest BCUT2D eigenvalue weighted by molar-refractivity contribution is 7.71. The molecular weight excluding hydrogens is 280 g/mol. The molecule has 0 bridgehead atoms. The molecule has 3 unspecified atom stereocenters. The number of aromatic amines is 1. The molecule has 1 aromatic heterocycles. The molecule has 3 rings (SSSR count). The summed E-state index contributed by atoms with van der Waals surface area (Å²) in [6.45, 7) is 7.94. The van der Waals surface area contributed by atoms with Crippen LogP contribution >= 0.6 is 12.2 Å². The average molecular weight is 302 g/mol. The zero-order valence-corrected chi connectivity index (χ0v) is 13.6. The Bertz CT molecular complexity index is 660. The van der Waals surface area contributed by atoms with Crippen LogP contribution in [0.1, 0.15) is 27.2 Å². The molecule has 1 aliphatic heterocycles. The monoisotopic (exact) mass is 302 g/mol. The zero-order valence-electron chi connectivity index (χ0n) is 12.8. The normalized spacial score (nSPS) is 26.0. The molecule has 5 heteroatoms. The summed E-state index contributed by atoms with van der Waals surface area (Å²) in [5, 5.41) is 7.46. The number of aromatic nitrogens is 3. The highest BCUT2D eigenvalue weighted by Crippen LogP contribution is 2.31. The Labute approximate surface area is 130 Å². The van der Waals surface area contributed by atoms with Gasteiger partial charge in [-0.25, -0.2) is 5.10 Å². The van der Waals surface area contributed by atoms with Gasteiger partial charge in [0.25, 0.3) is 0 Å². The molecule has 4 nitrogen and oxygen atoms in total. The van der Waals surface area contributed by atoms with Gasteiger partial charge in [-0.2, -0.15) is 0 Å². The molecule has 2 aromatic rings. The number of nitrogens with one attached hydrogen (secondary N) is 1. The molecule has 0 radical (unpaired) electrons. The van der Waals surface area contributed by atoms with Crippen molar-refractivity contribution in [3.63, 3.8) is 0 Å². The summed E-state index contributed by atoms with van der Waals surface area (Å²) in [6, 6.07) is 10.7. The lowest BCUT2D eigenvalue weighted by Gasteiger charge is -2.41. The van der Waals surface area contributed by atoms with E-state index in [2.05, 4.69) is 48.0 Å². The minimum Gasteiger partial charge on any atom is -0.337 e. The van der Waals surface area contributed by atoms with Gasteiger partial charge in [-0.1, -0.05) is 32.0 Å². The third-order valence-electron chi connectivity index (χ3n) is 4.52. The van der Waals surface area contributed by atoms with Crippen molar-refractivity contribution in [2.24, 2.45) is 11.8 Å². The Balaban J connectivity index is 2.06. The second-order valence-electron chi connectivity index (χ2n) is 6.21. The molecule has 0 amide bonds. The maximum Gasteiger partial charge on any atom is 0.230 e. The quantitative estimate of drug-likeness (QED) is 0.857. The number of nitrogens with zero attached hydrogens (tertiary/aromatic N) is 3. The Kier molecular flexibility index (Phi) is 3.85. The fourth-order valence-electron chi connectivity index (χ4n) is 3.27. The molecule has 0 spiro atoms. The number of para-hydroxylation sites is 1. The Morgan fingerprint density at radius 2 is 1.90 bits per heavy atom. The van der Waals surface area contributed by atoms with Gasteiger partial charge in [-0.3, -0.25) is 4.57 Å². The lowest BCUT2D eigenvalue weighted by Crippen LogP contribution is -2.47. The van der Waals surface area contributed by atoms with Gasteiger partial charge in [0.1, 0.15) is 0 Å². The topological polar surface area (TPSA) is 36.9 Å². The van der Waals surface area contributed by atoms with Gasteiger partial charge in [0.15, 0.2) is 0 Å².